The van der Waals surface area contributed by atoms with Crippen molar-refractivity contribution in [2.75, 3.05) is 6.61 Å². The number of aryl methyl sites for hydroxylation is 1. The van der Waals surface area contributed by atoms with Gasteiger partial charge in [0.15, 0.2) is 11.6 Å². The van der Waals surface area contributed by atoms with Gasteiger partial charge in [-0.05, 0) is 48.7 Å². The maximum Gasteiger partial charge on any atom is 0.167 e. The van der Waals surface area contributed by atoms with E-state index in [1.807, 2.05) is 19.1 Å². The summed E-state index contributed by atoms with van der Waals surface area (Å²) < 4.78 is 55.3. The fourth-order valence-electron chi connectivity index (χ4n) is 3.69. The molecule has 0 heterocycles. The molecule has 0 amide bonds. The average molecular weight is 477 g/mol. The number of rotatable bonds is 9. The van der Waals surface area contributed by atoms with Crippen molar-refractivity contribution < 1.29 is 22.6 Å². The van der Waals surface area contributed by atoms with Gasteiger partial charge in [-0.3, -0.25) is 0 Å². The number of hydrogen-bond acceptors (Lipinski definition) is 2. The number of hydrogen-bond donors (Lipinski definition) is 0. The molecule has 4 aromatic rings. The molecule has 0 aliphatic carbocycles. The second-order valence-electron chi connectivity index (χ2n) is 8.42. The first-order valence-corrected chi connectivity index (χ1v) is 11.7. The lowest BCUT2D eigenvalue weighted by Crippen LogP contribution is -2.01. The van der Waals surface area contributed by atoms with Crippen LogP contribution in [0.3, 0.4) is 0 Å². The van der Waals surface area contributed by atoms with Crippen molar-refractivity contribution in [3.8, 4) is 33.8 Å². The molecular weight excluding hydrogens is 449 g/mol. The molecule has 0 aromatic heterocycles. The fourth-order valence-corrected chi connectivity index (χ4v) is 3.69. The highest BCUT2D eigenvalue weighted by atomic mass is 19.2. The second kappa shape index (κ2) is 11.1. The number of ether oxygens (including phenoxy) is 2. The molecule has 0 aliphatic rings. The van der Waals surface area contributed by atoms with Gasteiger partial charge in [-0.15, -0.1) is 0 Å². The molecule has 4 aromatic carbocycles. The molecule has 0 bridgehead atoms. The van der Waals surface area contributed by atoms with Gasteiger partial charge in [0.2, 0.25) is 0 Å². The molecule has 0 spiro atoms. The van der Waals surface area contributed by atoms with E-state index in [1.165, 1.54) is 6.07 Å². The van der Waals surface area contributed by atoms with Crippen LogP contribution in [0.25, 0.3) is 22.3 Å². The average Bonchev–Trinajstić information content (AvgIpc) is 2.86. The van der Waals surface area contributed by atoms with Gasteiger partial charge >= 0.3 is 0 Å². The maximum atomic E-state index is 14.9. The minimum Gasteiger partial charge on any atom is -0.493 e. The van der Waals surface area contributed by atoms with Crippen molar-refractivity contribution in [1.82, 2.24) is 0 Å². The number of halogens is 3. The Labute approximate surface area is 204 Å². The molecule has 0 fully saturated rings. The molecule has 0 aliphatic heterocycles. The molecule has 0 radical (unpaired) electrons. The molecular formula is C30H27F3O2. The van der Waals surface area contributed by atoms with Crippen molar-refractivity contribution in [3.63, 3.8) is 0 Å². The molecule has 0 unspecified atom stereocenters. The molecule has 0 saturated carbocycles. The van der Waals surface area contributed by atoms with Gasteiger partial charge in [-0.1, -0.05) is 67.4 Å². The van der Waals surface area contributed by atoms with Crippen LogP contribution < -0.4 is 9.47 Å². The van der Waals surface area contributed by atoms with Crippen LogP contribution in [0, 0.1) is 24.4 Å². The topological polar surface area (TPSA) is 18.5 Å². The van der Waals surface area contributed by atoms with E-state index >= 15 is 0 Å². The Balaban J connectivity index is 1.44. The molecule has 0 N–H and O–H groups in total. The summed E-state index contributed by atoms with van der Waals surface area (Å²) in [4.78, 5) is 0. The summed E-state index contributed by atoms with van der Waals surface area (Å²) in [5.41, 5.74) is 2.96. The number of benzene rings is 4. The van der Waals surface area contributed by atoms with Crippen molar-refractivity contribution in [3.05, 3.63) is 107 Å². The third-order valence-electron chi connectivity index (χ3n) is 5.80. The lowest BCUT2D eigenvalue weighted by atomic mass is 9.98. The highest BCUT2D eigenvalue weighted by Gasteiger charge is 2.16. The van der Waals surface area contributed by atoms with Gasteiger partial charge in [0.1, 0.15) is 23.9 Å². The lowest BCUT2D eigenvalue weighted by molar-refractivity contribution is 0.295. The molecule has 2 nitrogen and oxygen atoms in total. The summed E-state index contributed by atoms with van der Waals surface area (Å²) in [7, 11) is 0. The Morgan fingerprint density at radius 2 is 1.23 bits per heavy atom. The van der Waals surface area contributed by atoms with E-state index in [4.69, 9.17) is 9.47 Å². The molecule has 180 valence electrons. The molecule has 4 rings (SSSR count). The van der Waals surface area contributed by atoms with Gasteiger partial charge in [0.05, 0.1) is 6.61 Å². The van der Waals surface area contributed by atoms with E-state index in [9.17, 15) is 13.2 Å². The van der Waals surface area contributed by atoms with E-state index in [2.05, 4.69) is 6.92 Å². The Hall–Kier alpha value is -3.73. The third-order valence-corrected chi connectivity index (χ3v) is 5.80. The first kappa shape index (κ1) is 24.4. The van der Waals surface area contributed by atoms with Gasteiger partial charge in [0, 0.05) is 22.8 Å². The van der Waals surface area contributed by atoms with E-state index < -0.39 is 17.5 Å². The van der Waals surface area contributed by atoms with Gasteiger partial charge in [-0.2, -0.15) is 0 Å². The largest absolute Gasteiger partial charge is 0.493 e. The minimum absolute atomic E-state index is 0.0364. The summed E-state index contributed by atoms with van der Waals surface area (Å²) >= 11 is 0. The van der Waals surface area contributed by atoms with Crippen molar-refractivity contribution in [2.24, 2.45) is 0 Å². The smallest absolute Gasteiger partial charge is 0.167 e. The zero-order valence-electron chi connectivity index (χ0n) is 19.8. The minimum atomic E-state index is -0.903. The first-order chi connectivity index (χ1) is 17.0. The zero-order valence-corrected chi connectivity index (χ0v) is 19.8. The van der Waals surface area contributed by atoms with Gasteiger partial charge < -0.3 is 9.47 Å². The summed E-state index contributed by atoms with van der Waals surface area (Å²) in [5.74, 6) is -1.20. The predicted molar refractivity (Wildman–Crippen MR) is 133 cm³/mol. The van der Waals surface area contributed by atoms with Crippen molar-refractivity contribution >= 4 is 0 Å². The van der Waals surface area contributed by atoms with Gasteiger partial charge in [0.25, 0.3) is 0 Å². The van der Waals surface area contributed by atoms with Crippen LogP contribution in [-0.4, -0.2) is 6.61 Å². The van der Waals surface area contributed by atoms with E-state index in [0.29, 0.717) is 34.8 Å². The number of unbranched alkanes of at least 4 members (excludes halogenated alkanes) is 1. The quantitative estimate of drug-likeness (QED) is 0.226. The van der Waals surface area contributed by atoms with E-state index in [-0.39, 0.29) is 17.7 Å². The van der Waals surface area contributed by atoms with Crippen LogP contribution in [0.1, 0.15) is 30.9 Å². The highest BCUT2D eigenvalue weighted by Crippen LogP contribution is 2.32. The summed E-state index contributed by atoms with van der Waals surface area (Å²) in [6, 6.07) is 21.8. The van der Waals surface area contributed by atoms with Crippen LogP contribution in [0.15, 0.2) is 78.9 Å². The van der Waals surface area contributed by atoms with Gasteiger partial charge in [-0.25, -0.2) is 13.2 Å². The normalized spacial score (nSPS) is 10.9. The van der Waals surface area contributed by atoms with E-state index in [0.717, 1.165) is 18.4 Å². The monoisotopic (exact) mass is 476 g/mol. The Kier molecular flexibility index (Phi) is 7.76. The molecule has 0 atom stereocenters. The Morgan fingerprint density at radius 3 is 1.80 bits per heavy atom. The summed E-state index contributed by atoms with van der Waals surface area (Å²) in [6.07, 6.45) is 1.92. The SMILES string of the molecule is CCCCOc1ccc(COc2ccc(-c3ccc(-c4ccc(C)cc4)c(F)c3F)cc2)c(F)c1. The Morgan fingerprint density at radius 1 is 0.657 bits per heavy atom. The predicted octanol–water partition coefficient (Wildman–Crippen LogP) is 8.50. The summed E-state index contributed by atoms with van der Waals surface area (Å²) in [6.45, 7) is 4.59. The van der Waals surface area contributed by atoms with E-state index in [1.54, 1.807) is 60.7 Å². The lowest BCUT2D eigenvalue weighted by Gasteiger charge is -2.11. The maximum absolute atomic E-state index is 14.9. The van der Waals surface area contributed by atoms with Crippen LogP contribution in [-0.2, 0) is 6.61 Å². The molecule has 5 heteroatoms. The van der Waals surface area contributed by atoms with Crippen molar-refractivity contribution in [2.45, 2.75) is 33.3 Å². The zero-order chi connectivity index (χ0) is 24.8. The Bertz CT molecular complexity index is 1280. The third kappa shape index (κ3) is 5.86. The molecule has 35 heavy (non-hydrogen) atoms. The van der Waals surface area contributed by atoms with Crippen LogP contribution in [0.5, 0.6) is 11.5 Å². The second-order valence-corrected chi connectivity index (χ2v) is 8.42. The fraction of sp³-hybridized carbons (Fsp3) is 0.200. The van der Waals surface area contributed by atoms with Crippen LogP contribution >= 0.6 is 0 Å². The first-order valence-electron chi connectivity index (χ1n) is 11.7. The highest BCUT2D eigenvalue weighted by molar-refractivity contribution is 5.72. The van der Waals surface area contributed by atoms with Crippen molar-refractivity contribution in [1.29, 1.82) is 0 Å². The van der Waals surface area contributed by atoms with Crippen LogP contribution in [0.2, 0.25) is 0 Å². The van der Waals surface area contributed by atoms with Crippen LogP contribution in [0.4, 0.5) is 13.2 Å². The standard InChI is InChI=1S/C30H27F3O2/c1-3-4-17-34-25-14-11-23(28(31)18-25)19-35-24-12-9-22(10-13-24)27-16-15-26(29(32)30(27)33)21-7-5-20(2)6-8-21/h5-16,18H,3-4,17,19H2,1-2H3. The molecule has 0 saturated heterocycles. The summed E-state index contributed by atoms with van der Waals surface area (Å²) in [5, 5.41) is 0.